The molecular weight excluding hydrogens is 418 g/mol. The van der Waals surface area contributed by atoms with Crippen molar-refractivity contribution < 1.29 is 28.3 Å². The molecule has 0 saturated heterocycles. The van der Waals surface area contributed by atoms with Crippen LogP contribution < -0.4 is 14.8 Å². The van der Waals surface area contributed by atoms with Gasteiger partial charge in [-0.15, -0.1) is 0 Å². The molecule has 9 heteroatoms. The van der Waals surface area contributed by atoms with Gasteiger partial charge in [-0.1, -0.05) is 44.2 Å². The summed E-state index contributed by atoms with van der Waals surface area (Å²) in [6.45, 7) is 4.19. The summed E-state index contributed by atoms with van der Waals surface area (Å²) in [5.74, 6) is -0.553. The van der Waals surface area contributed by atoms with E-state index >= 15 is 0 Å². The van der Waals surface area contributed by atoms with E-state index in [0.29, 0.717) is 11.3 Å². The second-order valence-electron chi connectivity index (χ2n) is 6.77. The molecule has 1 aliphatic heterocycles. The van der Waals surface area contributed by atoms with Crippen LogP contribution >= 0.6 is 0 Å². The summed E-state index contributed by atoms with van der Waals surface area (Å²) in [6.07, 6.45) is 2.89. The fourth-order valence-electron chi connectivity index (χ4n) is 3.49. The number of nitrogens with zero attached hydrogens (tertiary/aromatic N) is 2. The second-order valence-corrected chi connectivity index (χ2v) is 8.34. The summed E-state index contributed by atoms with van der Waals surface area (Å²) < 4.78 is 23.9. The van der Waals surface area contributed by atoms with E-state index in [9.17, 15) is 23.5 Å². The molecule has 162 valence electrons. The molecule has 0 spiro atoms. The van der Waals surface area contributed by atoms with Crippen molar-refractivity contribution in [2.45, 2.75) is 30.9 Å². The molecule has 0 bridgehead atoms. The van der Waals surface area contributed by atoms with Crippen LogP contribution in [-0.2, 0) is 27.0 Å². The number of benzene rings is 2. The van der Waals surface area contributed by atoms with Crippen molar-refractivity contribution in [1.82, 2.24) is 0 Å². The average molecular weight is 443 g/mol. The molecule has 0 saturated carbocycles. The van der Waals surface area contributed by atoms with Crippen molar-refractivity contribution in [2.24, 2.45) is 5.14 Å². The van der Waals surface area contributed by atoms with E-state index < -0.39 is 21.5 Å². The van der Waals surface area contributed by atoms with Crippen LogP contribution in [0.3, 0.4) is 0 Å². The first-order chi connectivity index (χ1) is 14.7. The number of hydrogen-bond acceptors (Lipinski definition) is 5. The lowest BCUT2D eigenvalue weighted by atomic mass is 9.87. The lowest BCUT2D eigenvalue weighted by molar-refractivity contribution is -0.904. The maximum absolute atomic E-state index is 13.3. The first-order valence-corrected chi connectivity index (χ1v) is 11.2. The molecule has 1 aliphatic rings. The number of hydrogen-bond donors (Lipinski definition) is 3. The summed E-state index contributed by atoms with van der Waals surface area (Å²) in [5, 5.41) is 26.0. The fourth-order valence-corrected chi connectivity index (χ4v) is 4.01. The van der Waals surface area contributed by atoms with Crippen molar-refractivity contribution >= 4 is 21.6 Å². The van der Waals surface area contributed by atoms with E-state index in [1.807, 2.05) is 13.8 Å². The molecule has 1 atom stereocenters. The molecule has 8 nitrogen and oxygen atoms in total. The molecule has 0 aliphatic carbocycles. The SMILES string of the molecule is CC.NS(=O)(=O)c1ccc(C2(O)C(=O)N(Cc3cc[n+](O)cc3)c3ccccc32)cc1. The Morgan fingerprint density at radius 1 is 1.00 bits per heavy atom. The largest absolute Gasteiger partial charge is 0.372 e. The van der Waals surface area contributed by atoms with Crippen molar-refractivity contribution in [1.29, 1.82) is 0 Å². The summed E-state index contributed by atoms with van der Waals surface area (Å²) in [4.78, 5) is 14.7. The topological polar surface area (TPSA) is 125 Å². The molecule has 0 radical (unpaired) electrons. The summed E-state index contributed by atoms with van der Waals surface area (Å²) in [7, 11) is -3.89. The monoisotopic (exact) mass is 442 g/mol. The van der Waals surface area contributed by atoms with Gasteiger partial charge < -0.3 is 10.0 Å². The first kappa shape index (κ1) is 22.4. The predicted octanol–water partition coefficient (Wildman–Crippen LogP) is 1.67. The molecule has 2 aromatic carbocycles. The van der Waals surface area contributed by atoms with Crippen molar-refractivity contribution in [2.75, 3.05) is 4.90 Å². The van der Waals surface area contributed by atoms with E-state index in [2.05, 4.69) is 0 Å². The third-order valence-electron chi connectivity index (χ3n) is 4.96. The van der Waals surface area contributed by atoms with Gasteiger partial charge in [0, 0.05) is 22.4 Å². The molecule has 0 fully saturated rings. The van der Waals surface area contributed by atoms with Gasteiger partial charge in [-0.05, 0) is 29.3 Å². The van der Waals surface area contributed by atoms with Gasteiger partial charge in [-0.3, -0.25) is 10.0 Å². The molecule has 1 amide bonds. The van der Waals surface area contributed by atoms with Gasteiger partial charge in [0.2, 0.25) is 22.4 Å². The third kappa shape index (κ3) is 4.02. The van der Waals surface area contributed by atoms with Crippen LogP contribution in [0.5, 0.6) is 0 Å². The number of aliphatic hydroxyl groups is 1. The molecule has 4 N–H and O–H groups in total. The number of carbonyl (C=O) groups excluding carboxylic acids is 1. The van der Waals surface area contributed by atoms with E-state index in [0.717, 1.165) is 10.3 Å². The van der Waals surface area contributed by atoms with Crippen molar-refractivity contribution in [3.63, 3.8) is 0 Å². The number of anilines is 1. The Bertz CT molecular complexity index is 1190. The average Bonchev–Trinajstić information content (AvgIpc) is 2.99. The minimum atomic E-state index is -3.89. The Kier molecular flexibility index (Phi) is 6.12. The highest BCUT2D eigenvalue weighted by Crippen LogP contribution is 2.45. The fraction of sp³-hybridized carbons (Fsp3) is 0.182. The van der Waals surface area contributed by atoms with Gasteiger partial charge in [0.15, 0.2) is 5.60 Å². The van der Waals surface area contributed by atoms with Crippen LogP contribution in [0.1, 0.15) is 30.5 Å². The second kappa shape index (κ2) is 8.46. The summed E-state index contributed by atoms with van der Waals surface area (Å²) >= 11 is 0. The minimum absolute atomic E-state index is 0.109. The Morgan fingerprint density at radius 2 is 1.58 bits per heavy atom. The van der Waals surface area contributed by atoms with Crippen LogP contribution in [0.25, 0.3) is 0 Å². The van der Waals surface area contributed by atoms with Crippen molar-refractivity contribution in [3.8, 4) is 0 Å². The van der Waals surface area contributed by atoms with Gasteiger partial charge >= 0.3 is 0 Å². The number of pyridine rings is 1. The molecule has 31 heavy (non-hydrogen) atoms. The van der Waals surface area contributed by atoms with E-state index in [-0.39, 0.29) is 17.0 Å². The molecule has 4 rings (SSSR count). The van der Waals surface area contributed by atoms with Crippen LogP contribution in [0.2, 0.25) is 0 Å². The zero-order valence-corrected chi connectivity index (χ0v) is 18.0. The normalized spacial score (nSPS) is 17.7. The Labute approximate surface area is 180 Å². The van der Waals surface area contributed by atoms with Crippen LogP contribution in [-0.4, -0.2) is 24.6 Å². The summed E-state index contributed by atoms with van der Waals surface area (Å²) in [5.41, 5.74) is -0.00441. The lowest BCUT2D eigenvalue weighted by Crippen LogP contribution is -2.41. The molecule has 3 aromatic rings. The quantitative estimate of drug-likeness (QED) is 0.419. The van der Waals surface area contributed by atoms with E-state index in [1.54, 1.807) is 36.4 Å². The Hall–Kier alpha value is -3.27. The number of para-hydroxylation sites is 1. The van der Waals surface area contributed by atoms with Crippen LogP contribution in [0, 0.1) is 0 Å². The number of primary sulfonamides is 1. The Morgan fingerprint density at radius 3 is 2.16 bits per heavy atom. The number of fused-ring (bicyclic) bond motifs is 1. The van der Waals surface area contributed by atoms with Gasteiger partial charge in [-0.2, -0.15) is 0 Å². The van der Waals surface area contributed by atoms with Crippen LogP contribution in [0.15, 0.2) is 78.0 Å². The summed E-state index contributed by atoms with van der Waals surface area (Å²) in [6, 6.07) is 15.5. The molecule has 1 aromatic heterocycles. The van der Waals surface area contributed by atoms with Crippen LogP contribution in [0.4, 0.5) is 5.69 Å². The zero-order chi connectivity index (χ0) is 22.8. The maximum atomic E-state index is 13.3. The molecular formula is C22H24N3O5S+. The number of nitrogens with two attached hydrogens (primary N) is 1. The Balaban J connectivity index is 0.00000132. The molecule has 1 unspecified atom stereocenters. The predicted molar refractivity (Wildman–Crippen MR) is 114 cm³/mol. The first-order valence-electron chi connectivity index (χ1n) is 9.68. The zero-order valence-electron chi connectivity index (χ0n) is 17.1. The molecule has 2 heterocycles. The van der Waals surface area contributed by atoms with Crippen molar-refractivity contribution in [3.05, 3.63) is 89.7 Å². The van der Waals surface area contributed by atoms with E-state index in [4.69, 9.17) is 5.14 Å². The van der Waals surface area contributed by atoms with Gasteiger partial charge in [-0.25, -0.2) is 13.6 Å². The number of rotatable bonds is 4. The highest BCUT2D eigenvalue weighted by molar-refractivity contribution is 7.89. The lowest BCUT2D eigenvalue weighted by Gasteiger charge is -2.24. The van der Waals surface area contributed by atoms with Gasteiger partial charge in [0.05, 0.1) is 17.1 Å². The number of sulfonamides is 1. The highest BCUT2D eigenvalue weighted by Gasteiger charge is 2.50. The minimum Gasteiger partial charge on any atom is -0.372 e. The maximum Gasteiger partial charge on any atom is 0.268 e. The number of aromatic nitrogens is 1. The number of amides is 1. The number of carbonyl (C=O) groups is 1. The third-order valence-corrected chi connectivity index (χ3v) is 5.89. The highest BCUT2D eigenvalue weighted by atomic mass is 32.2. The standard InChI is InChI=1S/C20H18N3O5S.C2H6/c21-29(27,28)16-7-5-15(6-8-16)20(25)17-3-1-2-4-18(17)23(19(20)24)13-14-9-11-22(26)12-10-14;1-2/h1-12,25-26H,13H2,(H2,21,27,28);1-2H3/q+1;. The van der Waals surface area contributed by atoms with E-state index in [1.165, 1.54) is 41.6 Å². The van der Waals surface area contributed by atoms with Gasteiger partial charge in [0.25, 0.3) is 5.91 Å². The van der Waals surface area contributed by atoms with Gasteiger partial charge in [0.1, 0.15) is 0 Å². The smallest absolute Gasteiger partial charge is 0.268 e.